The molecule has 5 rings (SSSR count). The molecule has 2 N–H and O–H groups in total. The zero-order valence-corrected chi connectivity index (χ0v) is 21.0. The Balaban J connectivity index is 1.43. The largest absolute Gasteiger partial charge is 0.374 e. The monoisotopic (exact) mass is 499 g/mol. The lowest BCUT2D eigenvalue weighted by Gasteiger charge is -2.39. The standard InChI is InChI=1S/C31H33NO5/c1-30(36-22-26-16-9-4-10-17-26)29(35-21-25-14-7-3-8-15-25)27(23-34-20-24-12-5-2-6-13-24)37-31(30,33)28-18-11-19-32-28/h2-19,27,29,32-33H,20-23H2,1H3/t27-,29-,30-,31?/m1/s1. The van der Waals surface area contributed by atoms with Gasteiger partial charge in [-0.25, -0.2) is 0 Å². The normalized spacial score (nSPS) is 25.4. The Morgan fingerprint density at radius 3 is 1.89 bits per heavy atom. The molecule has 0 spiro atoms. The average molecular weight is 500 g/mol. The molecule has 6 nitrogen and oxygen atoms in total. The second kappa shape index (κ2) is 11.4. The van der Waals surface area contributed by atoms with Crippen LogP contribution < -0.4 is 0 Å². The quantitative estimate of drug-likeness (QED) is 0.292. The number of H-pyrrole nitrogens is 1. The Morgan fingerprint density at radius 1 is 0.757 bits per heavy atom. The third kappa shape index (κ3) is 5.54. The fourth-order valence-electron chi connectivity index (χ4n) is 4.82. The van der Waals surface area contributed by atoms with Gasteiger partial charge >= 0.3 is 0 Å². The molecule has 1 fully saturated rings. The molecule has 0 radical (unpaired) electrons. The van der Waals surface area contributed by atoms with Gasteiger partial charge in [0.25, 0.3) is 0 Å². The lowest BCUT2D eigenvalue weighted by atomic mass is 9.87. The summed E-state index contributed by atoms with van der Waals surface area (Å²) in [6.45, 7) is 3.13. The van der Waals surface area contributed by atoms with Crippen LogP contribution in [0.15, 0.2) is 109 Å². The molecule has 1 saturated heterocycles. The van der Waals surface area contributed by atoms with E-state index in [0.717, 1.165) is 16.7 Å². The van der Waals surface area contributed by atoms with Crippen LogP contribution in [-0.4, -0.2) is 34.5 Å². The van der Waals surface area contributed by atoms with Gasteiger partial charge in [-0.3, -0.25) is 0 Å². The van der Waals surface area contributed by atoms with Crippen LogP contribution >= 0.6 is 0 Å². The fraction of sp³-hybridized carbons (Fsp3) is 0.290. The molecular formula is C31H33NO5. The zero-order chi connectivity index (χ0) is 25.6. The van der Waals surface area contributed by atoms with E-state index < -0.39 is 23.6 Å². The predicted octanol–water partition coefficient (Wildman–Crippen LogP) is 5.34. The maximum absolute atomic E-state index is 12.1. The van der Waals surface area contributed by atoms with Crippen LogP contribution in [0.1, 0.15) is 29.3 Å². The number of rotatable bonds is 11. The summed E-state index contributed by atoms with van der Waals surface area (Å²) in [6.07, 6.45) is 0.551. The van der Waals surface area contributed by atoms with Gasteiger partial charge in [-0.15, -0.1) is 0 Å². The van der Waals surface area contributed by atoms with Crippen LogP contribution in [-0.2, 0) is 44.6 Å². The summed E-state index contributed by atoms with van der Waals surface area (Å²) in [5, 5.41) is 12.1. The van der Waals surface area contributed by atoms with Crippen molar-refractivity contribution in [2.75, 3.05) is 6.61 Å². The first-order valence-corrected chi connectivity index (χ1v) is 12.6. The zero-order valence-electron chi connectivity index (χ0n) is 21.0. The van der Waals surface area contributed by atoms with Gasteiger partial charge in [-0.05, 0) is 35.7 Å². The summed E-state index contributed by atoms with van der Waals surface area (Å²) in [4.78, 5) is 3.12. The maximum atomic E-state index is 12.1. The molecule has 192 valence electrons. The smallest absolute Gasteiger partial charge is 0.240 e. The topological polar surface area (TPSA) is 72.9 Å². The minimum Gasteiger partial charge on any atom is -0.374 e. The minimum absolute atomic E-state index is 0.224. The van der Waals surface area contributed by atoms with Gasteiger partial charge in [0, 0.05) is 6.20 Å². The van der Waals surface area contributed by atoms with Crippen LogP contribution in [0.4, 0.5) is 0 Å². The number of hydrogen-bond acceptors (Lipinski definition) is 5. The van der Waals surface area contributed by atoms with Crippen molar-refractivity contribution in [3.8, 4) is 0 Å². The van der Waals surface area contributed by atoms with Gasteiger partial charge in [0.1, 0.15) is 12.2 Å². The van der Waals surface area contributed by atoms with Crippen molar-refractivity contribution in [1.29, 1.82) is 0 Å². The van der Waals surface area contributed by atoms with E-state index in [9.17, 15) is 5.11 Å². The van der Waals surface area contributed by atoms with E-state index in [1.165, 1.54) is 0 Å². The lowest BCUT2D eigenvalue weighted by Crippen LogP contribution is -2.55. The highest BCUT2D eigenvalue weighted by Gasteiger charge is 2.66. The minimum atomic E-state index is -1.78. The lowest BCUT2D eigenvalue weighted by molar-refractivity contribution is -0.293. The molecule has 1 aliphatic rings. The molecule has 0 saturated carbocycles. The maximum Gasteiger partial charge on any atom is 0.240 e. The summed E-state index contributed by atoms with van der Waals surface area (Å²) in [7, 11) is 0. The molecule has 2 heterocycles. The third-order valence-electron chi connectivity index (χ3n) is 6.89. The van der Waals surface area contributed by atoms with Crippen LogP contribution in [0.5, 0.6) is 0 Å². The summed E-state index contributed by atoms with van der Waals surface area (Å²) in [5.74, 6) is -1.78. The Hall–Kier alpha value is -3.26. The molecule has 4 aromatic rings. The van der Waals surface area contributed by atoms with E-state index in [1.807, 2.05) is 104 Å². The van der Waals surface area contributed by atoms with Crippen LogP contribution in [0.25, 0.3) is 0 Å². The van der Waals surface area contributed by atoms with Crippen molar-refractivity contribution in [3.63, 3.8) is 0 Å². The average Bonchev–Trinajstić information content (AvgIpc) is 3.55. The second-order valence-electron chi connectivity index (χ2n) is 9.48. The molecule has 4 atom stereocenters. The summed E-state index contributed by atoms with van der Waals surface area (Å²) >= 11 is 0. The molecular weight excluding hydrogens is 466 g/mol. The van der Waals surface area contributed by atoms with Crippen molar-refractivity contribution >= 4 is 0 Å². The van der Waals surface area contributed by atoms with Gasteiger partial charge < -0.3 is 29.0 Å². The van der Waals surface area contributed by atoms with Gasteiger partial charge in [-0.1, -0.05) is 91.0 Å². The van der Waals surface area contributed by atoms with Gasteiger partial charge in [0.15, 0.2) is 5.60 Å². The Bertz CT molecular complexity index is 1220. The van der Waals surface area contributed by atoms with Crippen molar-refractivity contribution < 1.29 is 24.1 Å². The van der Waals surface area contributed by atoms with E-state index in [-0.39, 0.29) is 13.2 Å². The number of benzene rings is 3. The van der Waals surface area contributed by atoms with Gasteiger partial charge in [0.05, 0.1) is 32.1 Å². The molecule has 0 bridgehead atoms. The second-order valence-corrected chi connectivity index (χ2v) is 9.48. The first kappa shape index (κ1) is 25.4. The molecule has 1 aliphatic heterocycles. The van der Waals surface area contributed by atoms with Crippen molar-refractivity contribution in [1.82, 2.24) is 4.98 Å². The van der Waals surface area contributed by atoms with E-state index in [0.29, 0.717) is 18.9 Å². The molecule has 37 heavy (non-hydrogen) atoms. The Labute approximate surface area is 217 Å². The van der Waals surface area contributed by atoms with Crippen molar-refractivity contribution in [3.05, 3.63) is 132 Å². The highest BCUT2D eigenvalue weighted by molar-refractivity contribution is 5.23. The predicted molar refractivity (Wildman–Crippen MR) is 140 cm³/mol. The van der Waals surface area contributed by atoms with E-state index in [1.54, 1.807) is 12.3 Å². The molecule has 0 amide bonds. The summed E-state index contributed by atoms with van der Waals surface area (Å²) < 4.78 is 25.5. The van der Waals surface area contributed by atoms with Gasteiger partial charge in [-0.2, -0.15) is 0 Å². The molecule has 0 aliphatic carbocycles. The number of ether oxygens (including phenoxy) is 4. The fourth-order valence-corrected chi connectivity index (χ4v) is 4.82. The summed E-state index contributed by atoms with van der Waals surface area (Å²) in [5.41, 5.74) is 2.32. The number of nitrogens with one attached hydrogen (secondary N) is 1. The molecule has 6 heteroatoms. The van der Waals surface area contributed by atoms with E-state index in [2.05, 4.69) is 4.98 Å². The van der Waals surface area contributed by atoms with Gasteiger partial charge in [0.2, 0.25) is 5.79 Å². The number of hydrogen-bond donors (Lipinski definition) is 2. The Kier molecular flexibility index (Phi) is 7.84. The number of aliphatic hydroxyl groups is 1. The van der Waals surface area contributed by atoms with Crippen LogP contribution in [0.3, 0.4) is 0 Å². The first-order chi connectivity index (χ1) is 18.1. The van der Waals surface area contributed by atoms with Crippen LogP contribution in [0, 0.1) is 0 Å². The van der Waals surface area contributed by atoms with E-state index in [4.69, 9.17) is 18.9 Å². The van der Waals surface area contributed by atoms with E-state index >= 15 is 0 Å². The molecule has 1 unspecified atom stereocenters. The van der Waals surface area contributed by atoms with Crippen molar-refractivity contribution in [2.24, 2.45) is 0 Å². The first-order valence-electron chi connectivity index (χ1n) is 12.6. The number of aromatic nitrogens is 1. The third-order valence-corrected chi connectivity index (χ3v) is 6.89. The van der Waals surface area contributed by atoms with Crippen molar-refractivity contribution in [2.45, 2.75) is 50.3 Å². The number of aromatic amines is 1. The highest BCUT2D eigenvalue weighted by Crippen LogP contribution is 2.49. The summed E-state index contributed by atoms with van der Waals surface area (Å²) in [6, 6.07) is 33.4. The Morgan fingerprint density at radius 2 is 1.32 bits per heavy atom. The molecule has 1 aromatic heterocycles. The highest BCUT2D eigenvalue weighted by atomic mass is 16.7. The van der Waals surface area contributed by atoms with Crippen LogP contribution in [0.2, 0.25) is 0 Å². The SMILES string of the molecule is C[C@@]1(OCc2ccccc2)[C@H](OCc2ccccc2)[C@@H](COCc2ccccc2)OC1(O)c1ccc[nH]1. The molecule has 3 aromatic carbocycles.